The number of rotatable bonds is 4. The Morgan fingerprint density at radius 2 is 1.92 bits per heavy atom. The highest BCUT2D eigenvalue weighted by Gasteiger charge is 2.40. The maximum absolute atomic E-state index is 14.3. The van der Waals surface area contributed by atoms with Crippen molar-refractivity contribution in [2.24, 2.45) is 5.92 Å². The van der Waals surface area contributed by atoms with Crippen molar-refractivity contribution >= 4 is 11.8 Å². The number of hydrogen-bond donors (Lipinski definition) is 2. The molecule has 1 heterocycles. The first-order valence-corrected chi connectivity index (χ1v) is 8.51. The SMILES string of the molecule is O=C1CC[C@@H](C(=O)NCC2(c3c(F)cccc3F)CCCC2)CN1. The smallest absolute Gasteiger partial charge is 0.224 e. The van der Waals surface area contributed by atoms with Crippen molar-refractivity contribution in [2.75, 3.05) is 13.1 Å². The third-order valence-corrected chi connectivity index (χ3v) is 5.29. The molecule has 0 unspecified atom stereocenters. The summed E-state index contributed by atoms with van der Waals surface area (Å²) in [6, 6.07) is 3.91. The lowest BCUT2D eigenvalue weighted by Crippen LogP contribution is -2.47. The third-order valence-electron chi connectivity index (χ3n) is 5.29. The third kappa shape index (κ3) is 3.28. The van der Waals surface area contributed by atoms with E-state index in [0.29, 0.717) is 32.2 Å². The van der Waals surface area contributed by atoms with Gasteiger partial charge in [-0.1, -0.05) is 18.9 Å². The molecule has 4 nitrogen and oxygen atoms in total. The number of halogens is 2. The van der Waals surface area contributed by atoms with E-state index in [1.165, 1.54) is 18.2 Å². The van der Waals surface area contributed by atoms with E-state index in [1.807, 2.05) is 0 Å². The second kappa shape index (κ2) is 6.87. The van der Waals surface area contributed by atoms with Gasteiger partial charge >= 0.3 is 0 Å². The number of amides is 2. The van der Waals surface area contributed by atoms with Gasteiger partial charge in [0, 0.05) is 30.5 Å². The highest BCUT2D eigenvalue weighted by molar-refractivity contribution is 5.83. The van der Waals surface area contributed by atoms with Gasteiger partial charge in [-0.05, 0) is 31.4 Å². The molecule has 2 aliphatic rings. The molecule has 1 aliphatic heterocycles. The standard InChI is InChI=1S/C18H22F2N2O2/c19-13-4-3-5-14(20)16(13)18(8-1-2-9-18)11-22-17(24)12-6-7-15(23)21-10-12/h3-5,12H,1-2,6-11H2,(H,21,23)(H,22,24)/t12-/m1/s1. The fourth-order valence-electron chi connectivity index (χ4n) is 3.93. The van der Waals surface area contributed by atoms with Gasteiger partial charge in [-0.15, -0.1) is 0 Å². The summed E-state index contributed by atoms with van der Waals surface area (Å²) in [5.41, 5.74) is -0.581. The molecule has 24 heavy (non-hydrogen) atoms. The average Bonchev–Trinajstić information content (AvgIpc) is 3.03. The van der Waals surface area contributed by atoms with Crippen molar-refractivity contribution in [3.63, 3.8) is 0 Å². The Kier molecular flexibility index (Phi) is 4.83. The van der Waals surface area contributed by atoms with E-state index in [0.717, 1.165) is 12.8 Å². The lowest BCUT2D eigenvalue weighted by atomic mass is 9.78. The lowest BCUT2D eigenvalue weighted by Gasteiger charge is -2.32. The molecule has 1 atom stereocenters. The molecule has 1 saturated heterocycles. The summed E-state index contributed by atoms with van der Waals surface area (Å²) in [6.07, 6.45) is 3.95. The number of carbonyl (C=O) groups excluding carboxylic acids is 2. The van der Waals surface area contributed by atoms with Crippen LogP contribution < -0.4 is 10.6 Å². The molecule has 3 rings (SSSR count). The molecule has 0 spiro atoms. The van der Waals surface area contributed by atoms with Crippen LogP contribution in [0.1, 0.15) is 44.1 Å². The van der Waals surface area contributed by atoms with Crippen molar-refractivity contribution in [3.8, 4) is 0 Å². The van der Waals surface area contributed by atoms with E-state index in [-0.39, 0.29) is 29.8 Å². The van der Waals surface area contributed by atoms with Crippen LogP contribution >= 0.6 is 0 Å². The van der Waals surface area contributed by atoms with Crippen LogP contribution in [0.3, 0.4) is 0 Å². The number of nitrogens with one attached hydrogen (secondary N) is 2. The van der Waals surface area contributed by atoms with Crippen LogP contribution in [0.2, 0.25) is 0 Å². The van der Waals surface area contributed by atoms with Crippen molar-refractivity contribution in [3.05, 3.63) is 35.4 Å². The first-order chi connectivity index (χ1) is 11.5. The van der Waals surface area contributed by atoms with Crippen LogP contribution in [0.4, 0.5) is 8.78 Å². The summed E-state index contributed by atoms with van der Waals surface area (Å²) in [5.74, 6) is -1.56. The minimum absolute atomic E-state index is 0.0419. The van der Waals surface area contributed by atoms with Gasteiger partial charge in [0.15, 0.2) is 0 Å². The normalized spacial score (nSPS) is 22.9. The summed E-state index contributed by atoms with van der Waals surface area (Å²) in [6.45, 7) is 0.555. The molecule has 1 aromatic rings. The second-order valence-corrected chi connectivity index (χ2v) is 6.84. The van der Waals surface area contributed by atoms with Crippen LogP contribution in [0.5, 0.6) is 0 Å². The minimum atomic E-state index is -0.678. The van der Waals surface area contributed by atoms with Gasteiger partial charge in [-0.3, -0.25) is 9.59 Å². The maximum atomic E-state index is 14.3. The highest BCUT2D eigenvalue weighted by Crippen LogP contribution is 2.42. The van der Waals surface area contributed by atoms with Crippen LogP contribution in [0.15, 0.2) is 18.2 Å². The fraction of sp³-hybridized carbons (Fsp3) is 0.556. The number of hydrogen-bond acceptors (Lipinski definition) is 2. The second-order valence-electron chi connectivity index (χ2n) is 6.84. The van der Waals surface area contributed by atoms with Crippen molar-refractivity contribution in [1.29, 1.82) is 0 Å². The Morgan fingerprint density at radius 1 is 1.25 bits per heavy atom. The number of piperidine rings is 1. The molecule has 1 aromatic carbocycles. The number of benzene rings is 1. The predicted octanol–water partition coefficient (Wildman–Crippen LogP) is 2.42. The van der Waals surface area contributed by atoms with Crippen molar-refractivity contribution in [2.45, 2.75) is 43.9 Å². The maximum Gasteiger partial charge on any atom is 0.224 e. The van der Waals surface area contributed by atoms with Crippen LogP contribution in [-0.2, 0) is 15.0 Å². The Balaban J connectivity index is 1.73. The van der Waals surface area contributed by atoms with Gasteiger partial charge in [0.2, 0.25) is 11.8 Å². The summed E-state index contributed by atoms with van der Waals surface area (Å²) in [5, 5.41) is 5.56. The first-order valence-electron chi connectivity index (χ1n) is 8.51. The van der Waals surface area contributed by atoms with E-state index >= 15 is 0 Å². The summed E-state index contributed by atoms with van der Waals surface area (Å²) in [4.78, 5) is 23.5. The van der Waals surface area contributed by atoms with E-state index in [4.69, 9.17) is 0 Å². The molecule has 0 aromatic heterocycles. The molecule has 2 N–H and O–H groups in total. The van der Waals surface area contributed by atoms with Crippen LogP contribution in [0, 0.1) is 17.6 Å². The van der Waals surface area contributed by atoms with Gasteiger partial charge in [-0.2, -0.15) is 0 Å². The van der Waals surface area contributed by atoms with Gasteiger partial charge in [0.1, 0.15) is 11.6 Å². The zero-order valence-electron chi connectivity index (χ0n) is 13.5. The summed E-state index contributed by atoms with van der Waals surface area (Å²) < 4.78 is 28.5. The molecule has 1 aliphatic carbocycles. The Labute approximate surface area is 140 Å². The molecule has 2 amide bonds. The van der Waals surface area contributed by atoms with Crippen molar-refractivity contribution in [1.82, 2.24) is 10.6 Å². The average molecular weight is 336 g/mol. The van der Waals surface area contributed by atoms with Gasteiger partial charge < -0.3 is 10.6 Å². The van der Waals surface area contributed by atoms with Gasteiger partial charge in [0.25, 0.3) is 0 Å². The van der Waals surface area contributed by atoms with Crippen molar-refractivity contribution < 1.29 is 18.4 Å². The van der Waals surface area contributed by atoms with Gasteiger partial charge in [-0.25, -0.2) is 8.78 Å². The summed E-state index contributed by atoms with van der Waals surface area (Å²) >= 11 is 0. The Hall–Kier alpha value is -1.98. The lowest BCUT2D eigenvalue weighted by molar-refractivity contribution is -0.129. The van der Waals surface area contributed by atoms with Crippen LogP contribution in [-0.4, -0.2) is 24.9 Å². The Morgan fingerprint density at radius 3 is 2.50 bits per heavy atom. The zero-order valence-corrected chi connectivity index (χ0v) is 13.5. The highest BCUT2D eigenvalue weighted by atomic mass is 19.1. The van der Waals surface area contributed by atoms with Crippen LogP contribution in [0.25, 0.3) is 0 Å². The first kappa shape index (κ1) is 16.9. The van der Waals surface area contributed by atoms with E-state index in [2.05, 4.69) is 10.6 Å². The molecular formula is C18H22F2N2O2. The molecular weight excluding hydrogens is 314 g/mol. The fourth-order valence-corrected chi connectivity index (χ4v) is 3.93. The molecule has 0 bridgehead atoms. The Bertz CT molecular complexity index is 612. The molecule has 130 valence electrons. The molecule has 0 radical (unpaired) electrons. The monoisotopic (exact) mass is 336 g/mol. The predicted molar refractivity (Wildman–Crippen MR) is 85.2 cm³/mol. The minimum Gasteiger partial charge on any atom is -0.355 e. The number of carbonyl (C=O) groups is 2. The topological polar surface area (TPSA) is 58.2 Å². The molecule has 1 saturated carbocycles. The van der Waals surface area contributed by atoms with E-state index in [9.17, 15) is 18.4 Å². The quantitative estimate of drug-likeness (QED) is 0.887. The zero-order chi connectivity index (χ0) is 17.2. The van der Waals surface area contributed by atoms with E-state index in [1.54, 1.807) is 0 Å². The van der Waals surface area contributed by atoms with Gasteiger partial charge in [0.05, 0.1) is 5.92 Å². The molecule has 6 heteroatoms. The molecule has 2 fully saturated rings. The van der Waals surface area contributed by atoms with E-state index < -0.39 is 17.0 Å². The largest absolute Gasteiger partial charge is 0.355 e. The summed E-state index contributed by atoms with van der Waals surface area (Å²) in [7, 11) is 0.